The minimum Gasteiger partial charge on any atom is -0.490 e. The van der Waals surface area contributed by atoms with Crippen LogP contribution in [0.2, 0.25) is 0 Å². The van der Waals surface area contributed by atoms with Crippen molar-refractivity contribution in [1.29, 1.82) is 0 Å². The molecule has 5 rings (SSSR count). The molecule has 184 valence electrons. The van der Waals surface area contributed by atoms with Crippen molar-refractivity contribution in [3.8, 4) is 11.5 Å². The topological polar surface area (TPSA) is 88.4 Å². The van der Waals surface area contributed by atoms with E-state index in [1.807, 2.05) is 36.4 Å². The first kappa shape index (κ1) is 23.8. The van der Waals surface area contributed by atoms with Crippen LogP contribution >= 0.6 is 0 Å². The van der Waals surface area contributed by atoms with Crippen LogP contribution in [0.5, 0.6) is 11.5 Å². The number of rotatable bonds is 7. The normalized spacial score (nSPS) is 25.7. The summed E-state index contributed by atoms with van der Waals surface area (Å²) >= 11 is 0. The lowest BCUT2D eigenvalue weighted by Gasteiger charge is -2.36. The predicted molar refractivity (Wildman–Crippen MR) is 132 cm³/mol. The summed E-state index contributed by atoms with van der Waals surface area (Å²) < 4.78 is 17.8. The van der Waals surface area contributed by atoms with Crippen molar-refractivity contribution in [2.75, 3.05) is 13.2 Å². The van der Waals surface area contributed by atoms with Crippen molar-refractivity contribution in [3.05, 3.63) is 94.5 Å². The third-order valence-corrected chi connectivity index (χ3v) is 6.96. The highest BCUT2D eigenvalue weighted by molar-refractivity contribution is 5.39. The zero-order valence-electron chi connectivity index (χ0n) is 19.8. The predicted octanol–water partition coefficient (Wildman–Crippen LogP) is 3.51. The molecule has 0 aliphatic carbocycles. The zero-order valence-corrected chi connectivity index (χ0v) is 19.8. The largest absolute Gasteiger partial charge is 0.490 e. The van der Waals surface area contributed by atoms with Crippen LogP contribution in [0.25, 0.3) is 0 Å². The summed E-state index contributed by atoms with van der Waals surface area (Å²) in [5.74, 6) is 1.77. The number of ether oxygens (including phenoxy) is 3. The Bertz CT molecular complexity index is 1120. The van der Waals surface area contributed by atoms with Gasteiger partial charge in [-0.2, -0.15) is 0 Å². The number of aryl methyl sites for hydroxylation is 1. The number of para-hydroxylation sites is 1. The molecule has 1 saturated heterocycles. The number of fused-ring (bicyclic) bond motifs is 1. The van der Waals surface area contributed by atoms with Crippen LogP contribution in [0.15, 0.2) is 66.7 Å². The van der Waals surface area contributed by atoms with E-state index in [-0.39, 0.29) is 18.8 Å². The van der Waals surface area contributed by atoms with Gasteiger partial charge in [-0.15, -0.1) is 0 Å². The molecule has 1 fully saturated rings. The Morgan fingerprint density at radius 1 is 1.00 bits per heavy atom. The molecule has 0 radical (unpaired) electrons. The average Bonchev–Trinajstić information content (AvgIpc) is 3.29. The lowest BCUT2D eigenvalue weighted by Crippen LogP contribution is -2.47. The number of aliphatic hydroxyl groups excluding tert-OH is 3. The lowest BCUT2D eigenvalue weighted by molar-refractivity contribution is -0.181. The van der Waals surface area contributed by atoms with E-state index < -0.39 is 18.3 Å². The monoisotopic (exact) mass is 476 g/mol. The highest BCUT2D eigenvalue weighted by atomic mass is 16.5. The number of benzene rings is 3. The Kier molecular flexibility index (Phi) is 7.07. The van der Waals surface area contributed by atoms with E-state index in [0.717, 1.165) is 41.0 Å². The van der Waals surface area contributed by atoms with Gasteiger partial charge in [0, 0.05) is 12.8 Å². The number of hydrogen-bond donors (Lipinski definition) is 3. The Balaban J connectivity index is 1.20. The summed E-state index contributed by atoms with van der Waals surface area (Å²) in [7, 11) is 0. The van der Waals surface area contributed by atoms with Crippen molar-refractivity contribution >= 4 is 0 Å². The molecule has 1 unspecified atom stereocenters. The summed E-state index contributed by atoms with van der Waals surface area (Å²) in [6, 6.07) is 22.4. The first-order chi connectivity index (χ1) is 17.0. The van der Waals surface area contributed by atoms with Crippen LogP contribution in [0, 0.1) is 6.92 Å². The quantitative estimate of drug-likeness (QED) is 0.484. The fourth-order valence-electron chi connectivity index (χ4n) is 4.86. The molecule has 0 bridgehead atoms. The Labute approximate surface area is 205 Å². The van der Waals surface area contributed by atoms with Crippen molar-refractivity contribution in [2.45, 2.75) is 56.7 Å². The van der Waals surface area contributed by atoms with Crippen LogP contribution in [-0.4, -0.2) is 52.9 Å². The van der Waals surface area contributed by atoms with Crippen molar-refractivity contribution < 1.29 is 29.5 Å². The summed E-state index contributed by atoms with van der Waals surface area (Å²) in [6.07, 6.45) is -1.21. The maximum Gasteiger partial charge on any atom is 0.137 e. The maximum atomic E-state index is 10.2. The van der Waals surface area contributed by atoms with Crippen LogP contribution in [-0.2, 0) is 17.6 Å². The van der Waals surface area contributed by atoms with Gasteiger partial charge >= 0.3 is 0 Å². The average molecular weight is 477 g/mol. The molecular formula is C29H32O6. The molecule has 2 heterocycles. The molecule has 6 nitrogen and oxygen atoms in total. The van der Waals surface area contributed by atoms with Crippen molar-refractivity contribution in [1.82, 2.24) is 0 Å². The summed E-state index contributed by atoms with van der Waals surface area (Å²) in [5.41, 5.74) is 5.66. The van der Waals surface area contributed by atoms with Gasteiger partial charge in [0.2, 0.25) is 0 Å². The van der Waals surface area contributed by atoms with Gasteiger partial charge in [-0.05, 0) is 59.4 Å². The number of aliphatic hydroxyl groups is 3. The molecule has 3 aromatic rings. The molecule has 0 spiro atoms. The fourth-order valence-corrected chi connectivity index (χ4v) is 4.86. The Morgan fingerprint density at radius 2 is 1.80 bits per heavy atom. The minimum atomic E-state index is -1.07. The van der Waals surface area contributed by atoms with Crippen LogP contribution in [0.3, 0.4) is 0 Å². The summed E-state index contributed by atoms with van der Waals surface area (Å²) in [6.45, 7) is 2.25. The van der Waals surface area contributed by atoms with Crippen LogP contribution in [0.1, 0.15) is 40.3 Å². The second-order valence-electron chi connectivity index (χ2n) is 9.51. The van der Waals surface area contributed by atoms with Gasteiger partial charge in [0.1, 0.15) is 36.4 Å². The Hall–Kier alpha value is -2.90. The van der Waals surface area contributed by atoms with E-state index in [9.17, 15) is 15.3 Å². The molecule has 3 aromatic carbocycles. The molecule has 2 aliphatic rings. The first-order valence-corrected chi connectivity index (χ1v) is 12.2. The van der Waals surface area contributed by atoms with Crippen molar-refractivity contribution in [2.24, 2.45) is 0 Å². The molecule has 0 aromatic heterocycles. The molecule has 6 heteroatoms. The van der Waals surface area contributed by atoms with Gasteiger partial charge in [0.05, 0.1) is 18.8 Å². The highest BCUT2D eigenvalue weighted by Gasteiger charge is 2.37. The van der Waals surface area contributed by atoms with Gasteiger partial charge in [0.25, 0.3) is 0 Å². The van der Waals surface area contributed by atoms with Crippen LogP contribution < -0.4 is 9.47 Å². The molecule has 0 amide bonds. The second kappa shape index (κ2) is 10.4. The van der Waals surface area contributed by atoms with E-state index >= 15 is 0 Å². The van der Waals surface area contributed by atoms with E-state index in [0.29, 0.717) is 13.0 Å². The molecular weight excluding hydrogens is 444 g/mol. The third-order valence-electron chi connectivity index (χ3n) is 6.96. The smallest absolute Gasteiger partial charge is 0.137 e. The summed E-state index contributed by atoms with van der Waals surface area (Å²) in [4.78, 5) is 0. The van der Waals surface area contributed by atoms with E-state index in [1.54, 1.807) is 0 Å². The van der Waals surface area contributed by atoms with Gasteiger partial charge < -0.3 is 29.5 Å². The standard InChI is InChI=1S/C29H32O6/c1-18-6-9-21(27-15-25(31)29(32)28(16-30)35-27)13-22(18)12-19-7-10-23(11-8-19)33-17-24-14-20-4-2-3-5-26(20)34-24/h2-11,13,24-25,27-32H,12,14-17H2,1H3/t24?,25-,27-,28-,29+/m1/s1. The first-order valence-electron chi connectivity index (χ1n) is 12.2. The zero-order chi connectivity index (χ0) is 24.4. The lowest BCUT2D eigenvalue weighted by atomic mass is 9.91. The van der Waals surface area contributed by atoms with Crippen LogP contribution in [0.4, 0.5) is 0 Å². The minimum absolute atomic E-state index is 0.0320. The van der Waals surface area contributed by atoms with E-state index in [4.69, 9.17) is 14.2 Å². The SMILES string of the molecule is Cc1ccc([C@H]2C[C@@H](O)[C@H](O)[C@@H](CO)O2)cc1Cc1ccc(OCC2Cc3ccccc3O2)cc1. The summed E-state index contributed by atoms with van der Waals surface area (Å²) in [5, 5.41) is 29.7. The molecule has 0 saturated carbocycles. The van der Waals surface area contributed by atoms with Gasteiger partial charge in [-0.1, -0.05) is 48.5 Å². The van der Waals surface area contributed by atoms with Crippen molar-refractivity contribution in [3.63, 3.8) is 0 Å². The highest BCUT2D eigenvalue weighted by Crippen LogP contribution is 2.33. The van der Waals surface area contributed by atoms with E-state index in [1.165, 1.54) is 11.1 Å². The van der Waals surface area contributed by atoms with Gasteiger partial charge in [-0.25, -0.2) is 0 Å². The van der Waals surface area contributed by atoms with E-state index in [2.05, 4.69) is 37.3 Å². The molecule has 5 atom stereocenters. The maximum absolute atomic E-state index is 10.2. The molecule has 2 aliphatic heterocycles. The fraction of sp³-hybridized carbons (Fsp3) is 0.379. The molecule has 35 heavy (non-hydrogen) atoms. The second-order valence-corrected chi connectivity index (χ2v) is 9.51. The molecule has 3 N–H and O–H groups in total. The Morgan fingerprint density at radius 3 is 2.57 bits per heavy atom. The number of hydrogen-bond acceptors (Lipinski definition) is 6. The van der Waals surface area contributed by atoms with Gasteiger partial charge in [-0.3, -0.25) is 0 Å². The van der Waals surface area contributed by atoms with Gasteiger partial charge in [0.15, 0.2) is 0 Å². The third kappa shape index (κ3) is 5.36.